The summed E-state index contributed by atoms with van der Waals surface area (Å²) in [5, 5.41) is 21.0. The zero-order chi connectivity index (χ0) is 13.0. The van der Waals surface area contributed by atoms with Crippen LogP contribution < -0.4 is 5.32 Å². The molecule has 0 saturated carbocycles. The number of carbonyl (C=O) groups is 2. The van der Waals surface area contributed by atoms with E-state index in [2.05, 4.69) is 6.58 Å². The molecule has 1 aromatic carbocycles. The smallest absolute Gasteiger partial charge is 0.351 e. The number of benzene rings is 1. The summed E-state index contributed by atoms with van der Waals surface area (Å²) in [5.74, 6) is -2.13. The second kappa shape index (κ2) is 4.88. The summed E-state index contributed by atoms with van der Waals surface area (Å²) in [7, 11) is 0. The highest BCUT2D eigenvalue weighted by atomic mass is 16.6. The first-order valence-corrected chi connectivity index (χ1v) is 4.40. The Kier molecular flexibility index (Phi) is 3.55. The number of nitrogens with one attached hydrogen (secondary N) is 1. The average molecular weight is 236 g/mol. The maximum atomic E-state index is 11.5. The first-order chi connectivity index (χ1) is 7.91. The van der Waals surface area contributed by atoms with Crippen LogP contribution in [-0.2, 0) is 4.79 Å². The molecule has 1 amide bonds. The molecule has 0 saturated heterocycles. The first-order valence-electron chi connectivity index (χ1n) is 4.40. The minimum atomic E-state index is -1.37. The largest absolute Gasteiger partial charge is 0.477 e. The zero-order valence-corrected chi connectivity index (χ0v) is 8.54. The number of non-ortho nitro benzene ring substituents is 1. The van der Waals surface area contributed by atoms with Crippen molar-refractivity contribution in [3.05, 3.63) is 52.2 Å². The van der Waals surface area contributed by atoms with E-state index in [0.717, 1.165) is 6.07 Å². The van der Waals surface area contributed by atoms with E-state index >= 15 is 0 Å². The molecule has 0 aliphatic carbocycles. The van der Waals surface area contributed by atoms with E-state index < -0.39 is 22.5 Å². The van der Waals surface area contributed by atoms with Crippen LogP contribution in [0.3, 0.4) is 0 Å². The van der Waals surface area contributed by atoms with Gasteiger partial charge in [-0.2, -0.15) is 0 Å². The van der Waals surface area contributed by atoms with Gasteiger partial charge >= 0.3 is 5.97 Å². The lowest BCUT2D eigenvalue weighted by Gasteiger charge is -2.03. The van der Waals surface area contributed by atoms with Gasteiger partial charge in [-0.1, -0.05) is 12.6 Å². The number of nitrogens with zero attached hydrogens (tertiary/aromatic N) is 1. The molecular formula is C10H8N2O5. The van der Waals surface area contributed by atoms with Crippen molar-refractivity contribution in [2.24, 2.45) is 0 Å². The molecule has 88 valence electrons. The van der Waals surface area contributed by atoms with E-state index in [1.54, 1.807) is 0 Å². The molecule has 0 fully saturated rings. The van der Waals surface area contributed by atoms with Crippen LogP contribution in [0.15, 0.2) is 36.5 Å². The maximum absolute atomic E-state index is 11.5. The minimum Gasteiger partial charge on any atom is -0.477 e. The standard InChI is InChI=1S/C10H8N2O5/c1-6(10(14)15)11-9(13)7-3-2-4-8(5-7)12(16)17/h2-5H,1H2,(H,11,13)(H,14,15). The van der Waals surface area contributed by atoms with E-state index in [1.807, 2.05) is 5.32 Å². The summed E-state index contributed by atoms with van der Waals surface area (Å²) in [5.41, 5.74) is -0.762. The number of carboxylic acid groups (broad SMARTS) is 1. The average Bonchev–Trinajstić information content (AvgIpc) is 2.28. The summed E-state index contributed by atoms with van der Waals surface area (Å²) in [6, 6.07) is 4.93. The molecule has 0 aliphatic heterocycles. The lowest BCUT2D eigenvalue weighted by molar-refractivity contribution is -0.384. The number of aliphatic carboxylic acids is 1. The summed E-state index contributed by atoms with van der Waals surface area (Å²) < 4.78 is 0. The van der Waals surface area contributed by atoms with Crippen molar-refractivity contribution >= 4 is 17.6 Å². The van der Waals surface area contributed by atoms with Crippen LogP contribution in [0.5, 0.6) is 0 Å². The first kappa shape index (κ1) is 12.4. The Morgan fingerprint density at radius 3 is 2.59 bits per heavy atom. The summed E-state index contributed by atoms with van der Waals surface area (Å²) in [6.07, 6.45) is 0. The number of hydrogen-bond donors (Lipinski definition) is 2. The minimum absolute atomic E-state index is 0.0124. The predicted molar refractivity (Wildman–Crippen MR) is 57.3 cm³/mol. The predicted octanol–water partition coefficient (Wildman–Crippen LogP) is 0.923. The molecular weight excluding hydrogens is 228 g/mol. The van der Waals surface area contributed by atoms with Crippen LogP contribution >= 0.6 is 0 Å². The third kappa shape index (κ3) is 3.13. The molecule has 7 heteroatoms. The van der Waals surface area contributed by atoms with Crippen LogP contribution in [0.2, 0.25) is 0 Å². The van der Waals surface area contributed by atoms with Gasteiger partial charge in [0.1, 0.15) is 5.70 Å². The van der Waals surface area contributed by atoms with Crippen molar-refractivity contribution in [2.75, 3.05) is 0 Å². The Labute approximate surface area is 95.5 Å². The fraction of sp³-hybridized carbons (Fsp3) is 0. The van der Waals surface area contributed by atoms with E-state index in [4.69, 9.17) is 5.11 Å². The van der Waals surface area contributed by atoms with Crippen molar-refractivity contribution in [1.29, 1.82) is 0 Å². The van der Waals surface area contributed by atoms with Crippen molar-refractivity contribution < 1.29 is 19.6 Å². The van der Waals surface area contributed by atoms with Gasteiger partial charge in [-0.3, -0.25) is 14.9 Å². The number of carbonyl (C=O) groups excluding carboxylic acids is 1. The lowest BCUT2D eigenvalue weighted by atomic mass is 10.2. The van der Waals surface area contributed by atoms with Crippen LogP contribution in [-0.4, -0.2) is 21.9 Å². The zero-order valence-electron chi connectivity index (χ0n) is 8.54. The highest BCUT2D eigenvalue weighted by molar-refractivity contribution is 6.00. The Balaban J connectivity index is 2.90. The van der Waals surface area contributed by atoms with Crippen LogP contribution in [0, 0.1) is 10.1 Å². The SMILES string of the molecule is C=C(NC(=O)c1cccc([N+](=O)[O-])c1)C(=O)O. The van der Waals surface area contributed by atoms with Gasteiger partial charge in [0.25, 0.3) is 11.6 Å². The van der Waals surface area contributed by atoms with Crippen LogP contribution in [0.25, 0.3) is 0 Å². The second-order valence-electron chi connectivity index (χ2n) is 3.05. The van der Waals surface area contributed by atoms with E-state index in [0.29, 0.717) is 0 Å². The van der Waals surface area contributed by atoms with Gasteiger partial charge in [0.2, 0.25) is 0 Å². The Morgan fingerprint density at radius 1 is 1.41 bits per heavy atom. The van der Waals surface area contributed by atoms with E-state index in [1.165, 1.54) is 18.2 Å². The van der Waals surface area contributed by atoms with Crippen LogP contribution in [0.1, 0.15) is 10.4 Å². The molecule has 0 heterocycles. The highest BCUT2D eigenvalue weighted by Crippen LogP contribution is 2.13. The normalized spacial score (nSPS) is 9.41. The van der Waals surface area contributed by atoms with Gasteiger partial charge in [0, 0.05) is 17.7 Å². The molecule has 0 aliphatic rings. The van der Waals surface area contributed by atoms with Crippen LogP contribution in [0.4, 0.5) is 5.69 Å². The van der Waals surface area contributed by atoms with Crippen molar-refractivity contribution in [1.82, 2.24) is 5.32 Å². The van der Waals surface area contributed by atoms with E-state index in [9.17, 15) is 19.7 Å². The highest BCUT2D eigenvalue weighted by Gasteiger charge is 2.14. The van der Waals surface area contributed by atoms with E-state index in [-0.39, 0.29) is 11.3 Å². The van der Waals surface area contributed by atoms with Gasteiger partial charge < -0.3 is 10.4 Å². The fourth-order valence-electron chi connectivity index (χ4n) is 1.02. The molecule has 0 bridgehead atoms. The van der Waals surface area contributed by atoms with Crippen molar-refractivity contribution in [3.8, 4) is 0 Å². The number of nitro groups is 1. The number of rotatable bonds is 4. The molecule has 0 radical (unpaired) electrons. The molecule has 0 unspecified atom stereocenters. The van der Waals surface area contributed by atoms with Gasteiger partial charge in [-0.05, 0) is 6.07 Å². The number of nitro benzene ring substituents is 1. The third-order valence-corrected chi connectivity index (χ3v) is 1.84. The Hall–Kier alpha value is -2.70. The van der Waals surface area contributed by atoms with Gasteiger partial charge in [0.05, 0.1) is 4.92 Å². The van der Waals surface area contributed by atoms with Gasteiger partial charge in [0.15, 0.2) is 0 Å². The van der Waals surface area contributed by atoms with Crippen molar-refractivity contribution in [2.45, 2.75) is 0 Å². The fourth-order valence-corrected chi connectivity index (χ4v) is 1.02. The molecule has 2 N–H and O–H groups in total. The summed E-state index contributed by atoms with van der Waals surface area (Å²) in [6.45, 7) is 3.11. The van der Waals surface area contributed by atoms with Gasteiger partial charge in [-0.25, -0.2) is 4.79 Å². The molecule has 1 rings (SSSR count). The molecule has 0 atom stereocenters. The topological polar surface area (TPSA) is 110 Å². The Bertz CT molecular complexity index is 509. The monoisotopic (exact) mass is 236 g/mol. The molecule has 17 heavy (non-hydrogen) atoms. The number of hydrogen-bond acceptors (Lipinski definition) is 4. The Morgan fingerprint density at radius 2 is 2.06 bits per heavy atom. The number of carboxylic acids is 1. The summed E-state index contributed by atoms with van der Waals surface area (Å²) >= 11 is 0. The molecule has 0 spiro atoms. The van der Waals surface area contributed by atoms with Crippen molar-refractivity contribution in [3.63, 3.8) is 0 Å². The third-order valence-electron chi connectivity index (χ3n) is 1.84. The maximum Gasteiger partial charge on any atom is 0.351 e. The molecule has 1 aromatic rings. The molecule has 0 aromatic heterocycles. The van der Waals surface area contributed by atoms with Gasteiger partial charge in [-0.15, -0.1) is 0 Å². The number of amides is 1. The lowest BCUT2D eigenvalue weighted by Crippen LogP contribution is -2.26. The quantitative estimate of drug-likeness (QED) is 0.459. The second-order valence-corrected chi connectivity index (χ2v) is 3.05. The summed E-state index contributed by atoms with van der Waals surface area (Å²) in [4.78, 5) is 31.7. The molecule has 7 nitrogen and oxygen atoms in total.